The molecule has 118 valence electrons. The molecule has 0 amide bonds. The maximum Gasteiger partial charge on any atom is 0.315 e. The first-order chi connectivity index (χ1) is 11.7. The molecule has 1 heterocycles. The fourth-order valence-corrected chi connectivity index (χ4v) is 2.88. The molecule has 0 aliphatic carbocycles. The van der Waals surface area contributed by atoms with Gasteiger partial charge in [0.1, 0.15) is 11.3 Å². The van der Waals surface area contributed by atoms with Crippen LogP contribution in [0.15, 0.2) is 71.3 Å². The molecular formula is C21H16O3. The van der Waals surface area contributed by atoms with Crippen LogP contribution in [0, 0.1) is 6.92 Å². The van der Waals surface area contributed by atoms with E-state index in [4.69, 9.17) is 9.15 Å². The highest BCUT2D eigenvalue weighted by Crippen LogP contribution is 2.24. The van der Waals surface area contributed by atoms with Gasteiger partial charge < -0.3 is 9.15 Å². The van der Waals surface area contributed by atoms with E-state index >= 15 is 0 Å². The minimum atomic E-state index is -0.298. The van der Waals surface area contributed by atoms with Crippen molar-refractivity contribution >= 4 is 27.7 Å². The van der Waals surface area contributed by atoms with E-state index in [0.717, 1.165) is 32.9 Å². The Hall–Kier alpha value is -3.07. The topological polar surface area (TPSA) is 39.4 Å². The highest BCUT2D eigenvalue weighted by Gasteiger charge is 2.12. The molecule has 4 rings (SSSR count). The van der Waals surface area contributed by atoms with Crippen molar-refractivity contribution in [3.8, 4) is 5.75 Å². The van der Waals surface area contributed by atoms with E-state index in [1.807, 2.05) is 67.6 Å². The molecule has 0 spiro atoms. The molecule has 0 radical (unpaired) electrons. The number of aryl methyl sites for hydroxylation is 1. The van der Waals surface area contributed by atoms with Gasteiger partial charge in [-0.1, -0.05) is 42.5 Å². The Kier molecular flexibility index (Phi) is 3.54. The van der Waals surface area contributed by atoms with Gasteiger partial charge in [0.25, 0.3) is 0 Å². The number of benzene rings is 3. The Morgan fingerprint density at radius 3 is 2.71 bits per heavy atom. The van der Waals surface area contributed by atoms with E-state index in [-0.39, 0.29) is 12.4 Å². The third kappa shape index (κ3) is 2.76. The molecule has 3 aromatic carbocycles. The molecule has 0 atom stereocenters. The van der Waals surface area contributed by atoms with Gasteiger partial charge >= 0.3 is 5.97 Å². The highest BCUT2D eigenvalue weighted by molar-refractivity contribution is 5.88. The molecule has 3 nitrogen and oxygen atoms in total. The van der Waals surface area contributed by atoms with Gasteiger partial charge in [-0.05, 0) is 41.5 Å². The first kappa shape index (κ1) is 14.5. The summed E-state index contributed by atoms with van der Waals surface area (Å²) >= 11 is 0. The normalized spacial score (nSPS) is 11.0. The van der Waals surface area contributed by atoms with Crippen molar-refractivity contribution in [2.75, 3.05) is 0 Å². The molecule has 0 aliphatic rings. The van der Waals surface area contributed by atoms with Crippen LogP contribution in [0.1, 0.15) is 11.1 Å². The lowest BCUT2D eigenvalue weighted by atomic mass is 10.1. The maximum absolute atomic E-state index is 12.3. The Morgan fingerprint density at radius 1 is 1.00 bits per heavy atom. The largest absolute Gasteiger partial charge is 0.464 e. The third-order valence-electron chi connectivity index (χ3n) is 4.10. The summed E-state index contributed by atoms with van der Waals surface area (Å²) in [5.41, 5.74) is 2.77. The molecular weight excluding hydrogens is 300 g/mol. The highest BCUT2D eigenvalue weighted by atomic mass is 16.5. The summed E-state index contributed by atoms with van der Waals surface area (Å²) in [6, 6.07) is 19.6. The molecule has 0 aliphatic heterocycles. The maximum atomic E-state index is 12.3. The molecule has 0 bridgehead atoms. The summed E-state index contributed by atoms with van der Waals surface area (Å²) in [6.07, 6.45) is 1.81. The second-order valence-corrected chi connectivity index (χ2v) is 5.92. The van der Waals surface area contributed by atoms with E-state index in [0.29, 0.717) is 5.75 Å². The lowest BCUT2D eigenvalue weighted by Gasteiger charge is -2.05. The first-order valence-electron chi connectivity index (χ1n) is 7.85. The smallest absolute Gasteiger partial charge is 0.315 e. The zero-order chi connectivity index (χ0) is 16.5. The second kappa shape index (κ2) is 5.85. The third-order valence-corrected chi connectivity index (χ3v) is 4.10. The van der Waals surface area contributed by atoms with E-state index < -0.39 is 0 Å². The average molecular weight is 316 g/mol. The summed E-state index contributed by atoms with van der Waals surface area (Å²) in [6.45, 7) is 2.01. The zero-order valence-corrected chi connectivity index (χ0v) is 13.3. The van der Waals surface area contributed by atoms with Crippen molar-refractivity contribution in [1.29, 1.82) is 0 Å². The van der Waals surface area contributed by atoms with Crippen LogP contribution < -0.4 is 4.74 Å². The number of esters is 1. The standard InChI is InChI=1S/C21H16O3/c1-14-6-9-19-17(13-23-20(19)10-14)12-21(22)24-18-8-7-15-4-2-3-5-16(15)11-18/h2-11,13H,12H2,1H3. The second-order valence-electron chi connectivity index (χ2n) is 5.92. The number of fused-ring (bicyclic) bond motifs is 2. The van der Waals surface area contributed by atoms with E-state index in [2.05, 4.69) is 0 Å². The number of carbonyl (C=O) groups is 1. The van der Waals surface area contributed by atoms with Gasteiger partial charge in [-0.15, -0.1) is 0 Å². The number of rotatable bonds is 3. The Morgan fingerprint density at radius 2 is 1.83 bits per heavy atom. The van der Waals surface area contributed by atoms with Crippen molar-refractivity contribution in [3.63, 3.8) is 0 Å². The predicted octanol–water partition coefficient (Wildman–Crippen LogP) is 5.04. The van der Waals surface area contributed by atoms with Crippen molar-refractivity contribution in [2.45, 2.75) is 13.3 Å². The molecule has 1 aromatic heterocycles. The lowest BCUT2D eigenvalue weighted by molar-refractivity contribution is -0.133. The van der Waals surface area contributed by atoms with Crippen LogP contribution in [0.25, 0.3) is 21.7 Å². The average Bonchev–Trinajstić information content (AvgIpc) is 2.96. The fourth-order valence-electron chi connectivity index (χ4n) is 2.88. The van der Waals surface area contributed by atoms with Gasteiger partial charge in [0, 0.05) is 10.9 Å². The molecule has 24 heavy (non-hydrogen) atoms. The van der Waals surface area contributed by atoms with Crippen molar-refractivity contribution < 1.29 is 13.9 Å². The summed E-state index contributed by atoms with van der Waals surface area (Å²) < 4.78 is 11.0. The summed E-state index contributed by atoms with van der Waals surface area (Å²) in [7, 11) is 0. The van der Waals surface area contributed by atoms with Gasteiger partial charge in [-0.2, -0.15) is 0 Å². The predicted molar refractivity (Wildman–Crippen MR) is 94.2 cm³/mol. The molecule has 0 fully saturated rings. The van der Waals surface area contributed by atoms with Crippen molar-refractivity contribution in [3.05, 3.63) is 78.1 Å². The Labute approximate surface area is 139 Å². The fraction of sp³-hybridized carbons (Fsp3) is 0.0952. The van der Waals surface area contributed by atoms with Crippen LogP contribution in [-0.2, 0) is 11.2 Å². The Bertz CT molecular complexity index is 1040. The van der Waals surface area contributed by atoms with Gasteiger partial charge in [0.2, 0.25) is 0 Å². The summed E-state index contributed by atoms with van der Waals surface area (Å²) in [5, 5.41) is 3.12. The van der Waals surface area contributed by atoms with Crippen LogP contribution in [0.5, 0.6) is 5.75 Å². The molecule has 0 N–H and O–H groups in total. The van der Waals surface area contributed by atoms with Crippen LogP contribution >= 0.6 is 0 Å². The number of carbonyl (C=O) groups excluding carboxylic acids is 1. The number of furan rings is 1. The minimum Gasteiger partial charge on any atom is -0.464 e. The first-order valence-corrected chi connectivity index (χ1v) is 7.85. The SMILES string of the molecule is Cc1ccc2c(CC(=O)Oc3ccc4ccccc4c3)coc2c1. The van der Waals surface area contributed by atoms with Gasteiger partial charge in [-0.25, -0.2) is 0 Å². The van der Waals surface area contributed by atoms with Crippen LogP contribution in [-0.4, -0.2) is 5.97 Å². The van der Waals surface area contributed by atoms with Gasteiger partial charge in [-0.3, -0.25) is 4.79 Å². The Balaban J connectivity index is 1.54. The molecule has 4 aromatic rings. The monoisotopic (exact) mass is 316 g/mol. The number of ether oxygens (including phenoxy) is 1. The summed E-state index contributed by atoms with van der Waals surface area (Å²) in [4.78, 5) is 12.3. The molecule has 0 unspecified atom stereocenters. The van der Waals surface area contributed by atoms with E-state index in [9.17, 15) is 4.79 Å². The number of hydrogen-bond donors (Lipinski definition) is 0. The van der Waals surface area contributed by atoms with Crippen molar-refractivity contribution in [2.24, 2.45) is 0 Å². The summed E-state index contributed by atoms with van der Waals surface area (Å²) in [5.74, 6) is 0.260. The van der Waals surface area contributed by atoms with Crippen LogP contribution in [0.3, 0.4) is 0 Å². The van der Waals surface area contributed by atoms with Crippen LogP contribution in [0.2, 0.25) is 0 Å². The molecule has 0 saturated heterocycles. The van der Waals surface area contributed by atoms with Crippen molar-refractivity contribution in [1.82, 2.24) is 0 Å². The molecule has 3 heteroatoms. The van der Waals surface area contributed by atoms with E-state index in [1.54, 1.807) is 6.26 Å². The van der Waals surface area contributed by atoms with Crippen LogP contribution in [0.4, 0.5) is 0 Å². The molecule has 0 saturated carbocycles. The minimum absolute atomic E-state index is 0.183. The lowest BCUT2D eigenvalue weighted by Crippen LogP contribution is -2.10. The quantitative estimate of drug-likeness (QED) is 0.392. The van der Waals surface area contributed by atoms with Gasteiger partial charge in [0.15, 0.2) is 0 Å². The zero-order valence-electron chi connectivity index (χ0n) is 13.3. The van der Waals surface area contributed by atoms with E-state index in [1.165, 1.54) is 0 Å². The van der Waals surface area contributed by atoms with Gasteiger partial charge in [0.05, 0.1) is 12.7 Å². The number of hydrogen-bond acceptors (Lipinski definition) is 3.